The van der Waals surface area contributed by atoms with Gasteiger partial charge in [0.1, 0.15) is 10.6 Å². The van der Waals surface area contributed by atoms with E-state index in [0.29, 0.717) is 6.42 Å². The van der Waals surface area contributed by atoms with Gasteiger partial charge in [-0.3, -0.25) is 0 Å². The van der Waals surface area contributed by atoms with Crippen molar-refractivity contribution in [3.63, 3.8) is 0 Å². The van der Waals surface area contributed by atoms with E-state index in [9.17, 15) is 17.2 Å². The molecule has 1 aromatic carbocycles. The SMILES string of the molecule is CC1CCCCC1(CN)NS(=O)(=O)c1ccccc1OC(F)F.Cl. The topological polar surface area (TPSA) is 81.4 Å². The van der Waals surface area contributed by atoms with Crippen molar-refractivity contribution < 1.29 is 21.9 Å². The van der Waals surface area contributed by atoms with E-state index in [2.05, 4.69) is 9.46 Å². The Morgan fingerprint density at radius 2 is 2.04 bits per heavy atom. The summed E-state index contributed by atoms with van der Waals surface area (Å²) in [7, 11) is -4.03. The van der Waals surface area contributed by atoms with E-state index >= 15 is 0 Å². The third-order valence-corrected chi connectivity index (χ3v) is 6.10. The van der Waals surface area contributed by atoms with E-state index in [0.717, 1.165) is 19.3 Å². The van der Waals surface area contributed by atoms with Crippen LogP contribution in [0, 0.1) is 5.92 Å². The number of nitrogens with two attached hydrogens (primary N) is 1. The lowest BCUT2D eigenvalue weighted by atomic mass is 9.74. The Balaban J connectivity index is 0.00000288. The highest BCUT2D eigenvalue weighted by atomic mass is 35.5. The highest BCUT2D eigenvalue weighted by Gasteiger charge is 2.41. The fraction of sp³-hybridized carbons (Fsp3) is 0.600. The summed E-state index contributed by atoms with van der Waals surface area (Å²) >= 11 is 0. The van der Waals surface area contributed by atoms with Crippen molar-refractivity contribution in [3.05, 3.63) is 24.3 Å². The van der Waals surface area contributed by atoms with Crippen LogP contribution in [0.25, 0.3) is 0 Å². The molecule has 24 heavy (non-hydrogen) atoms. The molecule has 1 saturated carbocycles. The number of nitrogens with one attached hydrogen (secondary N) is 1. The lowest BCUT2D eigenvalue weighted by molar-refractivity contribution is -0.0517. The second-order valence-electron chi connectivity index (χ2n) is 5.94. The molecule has 0 radical (unpaired) electrons. The first-order valence-electron chi connectivity index (χ1n) is 7.58. The molecule has 138 valence electrons. The van der Waals surface area contributed by atoms with Crippen LogP contribution in [0.15, 0.2) is 29.2 Å². The molecule has 2 rings (SSSR count). The number of para-hydroxylation sites is 1. The Morgan fingerprint density at radius 1 is 1.38 bits per heavy atom. The Hall–Kier alpha value is -0.960. The number of hydrogen-bond donors (Lipinski definition) is 2. The van der Waals surface area contributed by atoms with Crippen LogP contribution in [0.4, 0.5) is 8.78 Å². The Kier molecular flexibility index (Phi) is 7.40. The number of benzene rings is 1. The van der Waals surface area contributed by atoms with Gasteiger partial charge in [-0.1, -0.05) is 31.9 Å². The van der Waals surface area contributed by atoms with Gasteiger partial charge in [0.2, 0.25) is 10.0 Å². The average molecular weight is 385 g/mol. The molecule has 1 aromatic rings. The molecule has 0 aromatic heterocycles. The van der Waals surface area contributed by atoms with Crippen molar-refractivity contribution in [3.8, 4) is 5.75 Å². The van der Waals surface area contributed by atoms with Crippen LogP contribution in [-0.2, 0) is 10.0 Å². The quantitative estimate of drug-likeness (QED) is 0.790. The van der Waals surface area contributed by atoms with Gasteiger partial charge in [0.25, 0.3) is 0 Å². The Labute approximate surface area is 147 Å². The maximum Gasteiger partial charge on any atom is 0.387 e. The van der Waals surface area contributed by atoms with Gasteiger partial charge >= 0.3 is 6.61 Å². The lowest BCUT2D eigenvalue weighted by Crippen LogP contribution is -2.58. The largest absolute Gasteiger partial charge is 0.433 e. The molecule has 2 unspecified atom stereocenters. The molecule has 0 saturated heterocycles. The summed E-state index contributed by atoms with van der Waals surface area (Å²) in [6.07, 6.45) is 3.39. The van der Waals surface area contributed by atoms with Crippen LogP contribution >= 0.6 is 12.4 Å². The first-order valence-corrected chi connectivity index (χ1v) is 9.07. The van der Waals surface area contributed by atoms with E-state index in [1.165, 1.54) is 24.3 Å². The van der Waals surface area contributed by atoms with Gasteiger partial charge in [-0.05, 0) is 30.9 Å². The predicted octanol–water partition coefficient (Wildman–Crippen LogP) is 2.90. The summed E-state index contributed by atoms with van der Waals surface area (Å²) < 4.78 is 57.4. The molecule has 0 amide bonds. The smallest absolute Gasteiger partial charge is 0.387 e. The van der Waals surface area contributed by atoms with Gasteiger partial charge in [0.15, 0.2) is 0 Å². The second kappa shape index (κ2) is 8.42. The molecule has 0 spiro atoms. The zero-order valence-electron chi connectivity index (χ0n) is 13.4. The maximum atomic E-state index is 12.7. The molecular formula is C15H23ClF2N2O3S. The summed E-state index contributed by atoms with van der Waals surface area (Å²) in [5, 5.41) is 0. The lowest BCUT2D eigenvalue weighted by Gasteiger charge is -2.42. The number of hydrogen-bond acceptors (Lipinski definition) is 4. The number of alkyl halides is 2. The maximum absolute atomic E-state index is 12.7. The monoisotopic (exact) mass is 384 g/mol. The number of rotatable bonds is 6. The highest BCUT2D eigenvalue weighted by molar-refractivity contribution is 7.89. The minimum atomic E-state index is -4.03. The summed E-state index contributed by atoms with van der Waals surface area (Å²) in [4.78, 5) is -0.300. The molecule has 1 aliphatic rings. The summed E-state index contributed by atoms with van der Waals surface area (Å²) in [5.74, 6) is -0.301. The van der Waals surface area contributed by atoms with E-state index < -0.39 is 22.2 Å². The van der Waals surface area contributed by atoms with Crippen LogP contribution in [0.5, 0.6) is 5.75 Å². The molecule has 3 N–H and O–H groups in total. The summed E-state index contributed by atoms with van der Waals surface area (Å²) in [5.41, 5.74) is 5.10. The molecule has 2 atom stereocenters. The van der Waals surface area contributed by atoms with Gasteiger partial charge in [0, 0.05) is 12.1 Å². The first kappa shape index (κ1) is 21.1. The number of sulfonamides is 1. The van der Waals surface area contributed by atoms with Crippen LogP contribution in [0.3, 0.4) is 0 Å². The van der Waals surface area contributed by atoms with E-state index in [1.807, 2.05) is 6.92 Å². The molecule has 1 aliphatic carbocycles. The highest BCUT2D eigenvalue weighted by Crippen LogP contribution is 2.35. The van der Waals surface area contributed by atoms with Crippen molar-refractivity contribution in [2.45, 2.75) is 49.7 Å². The Morgan fingerprint density at radius 3 is 2.62 bits per heavy atom. The zero-order chi connectivity index (χ0) is 17.1. The summed E-state index contributed by atoms with van der Waals surface area (Å²) in [6.45, 7) is -0.982. The minimum absolute atomic E-state index is 0. The molecular weight excluding hydrogens is 362 g/mol. The molecule has 0 bridgehead atoms. The van der Waals surface area contributed by atoms with Gasteiger partial charge < -0.3 is 10.5 Å². The molecule has 0 aliphatic heterocycles. The third kappa shape index (κ3) is 4.56. The van der Waals surface area contributed by atoms with Crippen molar-refractivity contribution >= 4 is 22.4 Å². The van der Waals surface area contributed by atoms with E-state index in [1.54, 1.807) is 0 Å². The standard InChI is InChI=1S/C15H22F2N2O3S.ClH/c1-11-6-4-5-9-15(11,10-18)19-23(20,21)13-8-3-2-7-12(13)22-14(16)17;/h2-3,7-8,11,14,19H,4-6,9-10,18H2,1H3;1H. The number of ether oxygens (including phenoxy) is 1. The van der Waals surface area contributed by atoms with E-state index in [4.69, 9.17) is 5.73 Å². The van der Waals surface area contributed by atoms with Crippen LogP contribution < -0.4 is 15.2 Å². The summed E-state index contributed by atoms with van der Waals surface area (Å²) in [6, 6.07) is 5.36. The normalized spacial score (nSPS) is 24.5. The minimum Gasteiger partial charge on any atom is -0.433 e. The van der Waals surface area contributed by atoms with E-state index in [-0.39, 0.29) is 35.5 Å². The van der Waals surface area contributed by atoms with Crippen LogP contribution in [0.2, 0.25) is 0 Å². The van der Waals surface area contributed by atoms with Gasteiger partial charge in [-0.15, -0.1) is 12.4 Å². The fourth-order valence-electron chi connectivity index (χ4n) is 3.10. The van der Waals surface area contributed by atoms with Crippen molar-refractivity contribution in [2.75, 3.05) is 6.54 Å². The van der Waals surface area contributed by atoms with Crippen LogP contribution in [-0.4, -0.2) is 27.1 Å². The molecule has 9 heteroatoms. The fourth-order valence-corrected chi connectivity index (χ4v) is 4.77. The first-order chi connectivity index (χ1) is 10.8. The van der Waals surface area contributed by atoms with Crippen LogP contribution in [0.1, 0.15) is 32.6 Å². The third-order valence-electron chi connectivity index (χ3n) is 4.51. The Bertz CT molecular complexity index is 645. The van der Waals surface area contributed by atoms with Crippen molar-refractivity contribution in [1.82, 2.24) is 4.72 Å². The second-order valence-corrected chi connectivity index (χ2v) is 7.59. The molecule has 5 nitrogen and oxygen atoms in total. The average Bonchev–Trinajstić information content (AvgIpc) is 2.49. The van der Waals surface area contributed by atoms with Gasteiger partial charge in [-0.25, -0.2) is 13.1 Å². The van der Waals surface area contributed by atoms with Gasteiger partial charge in [0.05, 0.1) is 0 Å². The van der Waals surface area contributed by atoms with Gasteiger partial charge in [-0.2, -0.15) is 8.78 Å². The predicted molar refractivity (Wildman–Crippen MR) is 90.1 cm³/mol. The molecule has 1 fully saturated rings. The van der Waals surface area contributed by atoms with Crippen molar-refractivity contribution in [1.29, 1.82) is 0 Å². The number of halogens is 3. The molecule has 0 heterocycles. The van der Waals surface area contributed by atoms with Crippen molar-refractivity contribution in [2.24, 2.45) is 11.7 Å². The zero-order valence-corrected chi connectivity index (χ0v) is 15.0.